The van der Waals surface area contributed by atoms with E-state index in [4.69, 9.17) is 4.42 Å². The minimum Gasteiger partial charge on any atom is -0.459 e. The number of carbonyl (C=O) groups is 1. The quantitative estimate of drug-likeness (QED) is 0.621. The smallest absolute Gasteiger partial charge is 0.295 e. The monoisotopic (exact) mass is 401 g/mol. The summed E-state index contributed by atoms with van der Waals surface area (Å²) in [7, 11) is 3.88. The van der Waals surface area contributed by atoms with E-state index in [2.05, 4.69) is 4.98 Å². The van der Waals surface area contributed by atoms with E-state index in [0.717, 1.165) is 23.9 Å². The number of aromatic nitrogens is 1. The minimum atomic E-state index is -0.740. The second kappa shape index (κ2) is 8.57. The van der Waals surface area contributed by atoms with Gasteiger partial charge in [0.05, 0.1) is 11.0 Å². The number of nitrogens with zero attached hydrogens (tertiary/aromatic N) is 3. The molecule has 0 radical (unpaired) electrons. The van der Waals surface area contributed by atoms with E-state index in [1.54, 1.807) is 12.1 Å². The molecule has 0 fully saturated rings. The van der Waals surface area contributed by atoms with Crippen molar-refractivity contribution in [3.63, 3.8) is 0 Å². The van der Waals surface area contributed by atoms with Crippen LogP contribution in [-0.4, -0.2) is 43.0 Å². The Balaban J connectivity index is 0.00000243. The Morgan fingerprint density at radius 1 is 1.27 bits per heavy atom. The molecule has 5 nitrogen and oxygen atoms in total. The second-order valence-electron chi connectivity index (χ2n) is 5.82. The topological polar surface area (TPSA) is 49.6 Å². The standard InChI is InChI=1S/C17H17F2N3O2S.ClH/c1-21(2)6-4-7-22(16(23)13-5-3-8-24-13)17-20-15-12(19)9-11(18)10-14(15)25-17;/h3,5,8-10H,4,6-7H2,1-2H3;1H. The SMILES string of the molecule is CN(C)CCCN(C(=O)c1ccco1)c1nc2c(F)cc(F)cc2s1.Cl. The predicted molar refractivity (Wildman–Crippen MR) is 100 cm³/mol. The summed E-state index contributed by atoms with van der Waals surface area (Å²) in [6, 6.07) is 5.19. The van der Waals surface area contributed by atoms with Crippen LogP contribution in [0, 0.1) is 11.6 Å². The first-order valence-electron chi connectivity index (χ1n) is 7.71. The van der Waals surface area contributed by atoms with Gasteiger partial charge in [-0.1, -0.05) is 11.3 Å². The molecule has 0 aliphatic heterocycles. The first-order valence-corrected chi connectivity index (χ1v) is 8.53. The normalized spacial score (nSPS) is 11.0. The molecule has 0 saturated heterocycles. The highest BCUT2D eigenvalue weighted by Gasteiger charge is 2.24. The largest absolute Gasteiger partial charge is 0.459 e. The van der Waals surface area contributed by atoms with Gasteiger partial charge in [-0.3, -0.25) is 9.69 Å². The molecule has 0 N–H and O–H groups in total. The fourth-order valence-corrected chi connectivity index (χ4v) is 3.45. The molecule has 1 amide bonds. The summed E-state index contributed by atoms with van der Waals surface area (Å²) in [4.78, 5) is 20.4. The lowest BCUT2D eigenvalue weighted by Crippen LogP contribution is -2.33. The summed E-state index contributed by atoms with van der Waals surface area (Å²) in [5, 5.41) is 0.319. The van der Waals surface area contributed by atoms with Crippen molar-refractivity contribution >= 4 is 45.0 Å². The van der Waals surface area contributed by atoms with Crippen LogP contribution in [0.5, 0.6) is 0 Å². The van der Waals surface area contributed by atoms with Crippen LogP contribution >= 0.6 is 23.7 Å². The Kier molecular flexibility index (Phi) is 6.69. The van der Waals surface area contributed by atoms with Crippen molar-refractivity contribution in [1.82, 2.24) is 9.88 Å². The Morgan fingerprint density at radius 2 is 2.04 bits per heavy atom. The molecular weight excluding hydrogens is 384 g/mol. The average Bonchev–Trinajstić information content (AvgIpc) is 3.20. The van der Waals surface area contributed by atoms with Gasteiger partial charge in [-0.2, -0.15) is 0 Å². The Hall–Kier alpha value is -2.03. The van der Waals surface area contributed by atoms with Crippen LogP contribution in [0.15, 0.2) is 34.9 Å². The molecule has 3 rings (SSSR count). The van der Waals surface area contributed by atoms with Crippen LogP contribution in [0.2, 0.25) is 0 Å². The number of halogens is 3. The van der Waals surface area contributed by atoms with Gasteiger partial charge in [0, 0.05) is 12.6 Å². The molecule has 2 heterocycles. The number of furan rings is 1. The summed E-state index contributed by atoms with van der Waals surface area (Å²) >= 11 is 1.08. The van der Waals surface area contributed by atoms with Gasteiger partial charge >= 0.3 is 0 Å². The van der Waals surface area contributed by atoms with E-state index >= 15 is 0 Å². The van der Waals surface area contributed by atoms with Gasteiger partial charge in [-0.15, -0.1) is 12.4 Å². The number of carbonyl (C=O) groups excluding carboxylic acids is 1. The average molecular weight is 402 g/mol. The van der Waals surface area contributed by atoms with Crippen LogP contribution in [0.25, 0.3) is 10.2 Å². The third kappa shape index (κ3) is 4.38. The molecule has 0 saturated carbocycles. The van der Waals surface area contributed by atoms with E-state index < -0.39 is 11.6 Å². The van der Waals surface area contributed by atoms with Crippen LogP contribution in [0.1, 0.15) is 17.0 Å². The highest BCUT2D eigenvalue weighted by molar-refractivity contribution is 7.22. The molecule has 9 heteroatoms. The lowest BCUT2D eigenvalue weighted by Gasteiger charge is -2.19. The van der Waals surface area contributed by atoms with Gasteiger partial charge in [-0.05, 0) is 45.3 Å². The maximum atomic E-state index is 13.9. The van der Waals surface area contributed by atoms with Crippen molar-refractivity contribution in [2.45, 2.75) is 6.42 Å². The summed E-state index contributed by atoms with van der Waals surface area (Å²) in [5.74, 6) is -1.59. The van der Waals surface area contributed by atoms with Crippen molar-refractivity contribution in [3.05, 3.63) is 47.9 Å². The molecule has 3 aromatic rings. The third-order valence-electron chi connectivity index (χ3n) is 3.60. The summed E-state index contributed by atoms with van der Waals surface area (Å²) in [6.07, 6.45) is 2.12. The Bertz CT molecular complexity index is 884. The molecule has 140 valence electrons. The lowest BCUT2D eigenvalue weighted by molar-refractivity contribution is 0.0959. The predicted octanol–water partition coefficient (Wildman–Crippen LogP) is 4.19. The van der Waals surface area contributed by atoms with Crippen molar-refractivity contribution in [3.8, 4) is 0 Å². The van der Waals surface area contributed by atoms with Crippen LogP contribution in [-0.2, 0) is 0 Å². The zero-order valence-electron chi connectivity index (χ0n) is 14.2. The van der Waals surface area contributed by atoms with Crippen molar-refractivity contribution in [2.75, 3.05) is 32.1 Å². The highest BCUT2D eigenvalue weighted by Crippen LogP contribution is 2.32. The molecule has 0 aliphatic rings. The van der Waals surface area contributed by atoms with Gasteiger partial charge < -0.3 is 9.32 Å². The van der Waals surface area contributed by atoms with Crippen LogP contribution < -0.4 is 4.90 Å². The first kappa shape index (κ1) is 20.3. The minimum absolute atomic E-state index is 0. The third-order valence-corrected chi connectivity index (χ3v) is 4.62. The summed E-state index contributed by atoms with van der Waals surface area (Å²) < 4.78 is 32.9. The maximum Gasteiger partial charge on any atom is 0.295 e. The number of rotatable bonds is 6. The Labute approximate surface area is 159 Å². The van der Waals surface area contributed by atoms with Gasteiger partial charge in [-0.25, -0.2) is 13.8 Å². The van der Waals surface area contributed by atoms with Gasteiger partial charge in [0.15, 0.2) is 16.7 Å². The van der Waals surface area contributed by atoms with E-state index in [-0.39, 0.29) is 29.6 Å². The number of hydrogen-bond donors (Lipinski definition) is 0. The molecular formula is C17H18ClF2N3O2S. The lowest BCUT2D eigenvalue weighted by atomic mass is 10.3. The van der Waals surface area contributed by atoms with Crippen LogP contribution in [0.3, 0.4) is 0 Å². The van der Waals surface area contributed by atoms with E-state index in [9.17, 15) is 13.6 Å². The Morgan fingerprint density at radius 3 is 2.69 bits per heavy atom. The van der Waals surface area contributed by atoms with E-state index in [0.29, 0.717) is 22.8 Å². The van der Waals surface area contributed by atoms with Gasteiger partial charge in [0.25, 0.3) is 5.91 Å². The molecule has 1 aromatic carbocycles. The number of thiazole rings is 1. The van der Waals surface area contributed by atoms with Crippen molar-refractivity contribution in [2.24, 2.45) is 0 Å². The van der Waals surface area contributed by atoms with Crippen molar-refractivity contribution in [1.29, 1.82) is 0 Å². The molecule has 0 unspecified atom stereocenters. The molecule has 0 atom stereocenters. The molecule has 0 spiro atoms. The van der Waals surface area contributed by atoms with E-state index in [1.165, 1.54) is 17.2 Å². The zero-order chi connectivity index (χ0) is 18.0. The molecule has 0 bridgehead atoms. The number of anilines is 1. The second-order valence-corrected chi connectivity index (χ2v) is 6.83. The number of fused-ring (bicyclic) bond motifs is 1. The number of benzene rings is 1. The number of amides is 1. The maximum absolute atomic E-state index is 13.9. The fraction of sp³-hybridized carbons (Fsp3) is 0.294. The van der Waals surface area contributed by atoms with Crippen molar-refractivity contribution < 1.29 is 18.0 Å². The fourth-order valence-electron chi connectivity index (χ4n) is 2.42. The highest BCUT2D eigenvalue weighted by atomic mass is 35.5. The summed E-state index contributed by atoms with van der Waals surface area (Å²) in [5.41, 5.74) is 0.0613. The number of hydrogen-bond acceptors (Lipinski definition) is 5. The molecule has 2 aromatic heterocycles. The molecule has 0 aliphatic carbocycles. The summed E-state index contributed by atoms with van der Waals surface area (Å²) in [6.45, 7) is 1.16. The van der Waals surface area contributed by atoms with Crippen LogP contribution in [0.4, 0.5) is 13.9 Å². The van der Waals surface area contributed by atoms with E-state index in [1.807, 2.05) is 19.0 Å². The first-order chi connectivity index (χ1) is 12.0. The molecule has 26 heavy (non-hydrogen) atoms. The zero-order valence-corrected chi connectivity index (χ0v) is 15.9. The van der Waals surface area contributed by atoms with Gasteiger partial charge in [0.1, 0.15) is 11.3 Å². The van der Waals surface area contributed by atoms with Gasteiger partial charge in [0.2, 0.25) is 0 Å².